The number of ether oxygens (including phenoxy) is 3. The van der Waals surface area contributed by atoms with Gasteiger partial charge in [0, 0.05) is 68.4 Å². The summed E-state index contributed by atoms with van der Waals surface area (Å²) in [6.07, 6.45) is 13.3. The van der Waals surface area contributed by atoms with E-state index >= 15 is 0 Å². The lowest BCUT2D eigenvalue weighted by Crippen LogP contribution is -2.55. The van der Waals surface area contributed by atoms with Gasteiger partial charge in [0.15, 0.2) is 5.82 Å². The first-order valence-electron chi connectivity index (χ1n) is 25.8. The molecule has 19 heteroatoms. The van der Waals surface area contributed by atoms with Crippen LogP contribution >= 0.6 is 0 Å². The van der Waals surface area contributed by atoms with Gasteiger partial charge < -0.3 is 39.1 Å². The van der Waals surface area contributed by atoms with Crippen LogP contribution in [0.5, 0.6) is 5.75 Å². The monoisotopic (exact) mass is 998 g/mol. The van der Waals surface area contributed by atoms with E-state index in [1.54, 1.807) is 37.4 Å². The first-order chi connectivity index (χ1) is 35.2. The van der Waals surface area contributed by atoms with Crippen molar-refractivity contribution in [2.75, 3.05) is 49.0 Å². The molecular weight excluding hydrogens is 931 g/mol. The Labute approximate surface area is 426 Å². The molecule has 5 heterocycles. The van der Waals surface area contributed by atoms with Crippen LogP contribution in [-0.2, 0) is 30.4 Å². The molecule has 2 aliphatic carbocycles. The molecule has 5 aliphatic rings. The number of benzene rings is 2. The SMILES string of the molecule is CC[C@@H]1C(=O)N(C)c2cnc(Nc3ccc(-c4cn(C5CCC(N(CCOCCCC#Cc6cccc7c6CN(C6CCC(=O)NC6=O)C7=O)C(=O)OC(C)(C)C)CC5)nn4)cc3OC)nc2N1C1CCCC1. The Morgan fingerprint density at radius 2 is 1.78 bits per heavy atom. The van der Waals surface area contributed by atoms with Crippen molar-refractivity contribution in [1.29, 1.82) is 0 Å². The Morgan fingerprint density at radius 1 is 0.986 bits per heavy atom. The fraction of sp³-hybridized carbons (Fsp3) is 0.537. The van der Waals surface area contributed by atoms with E-state index in [0.717, 1.165) is 73.9 Å². The smallest absolute Gasteiger partial charge is 0.410 e. The van der Waals surface area contributed by atoms with Crippen LogP contribution in [0.1, 0.15) is 139 Å². The maximum Gasteiger partial charge on any atom is 0.410 e. The molecule has 0 radical (unpaired) electrons. The Morgan fingerprint density at radius 3 is 2.52 bits per heavy atom. The molecule has 5 amide bonds. The van der Waals surface area contributed by atoms with Crippen LogP contribution in [0.15, 0.2) is 48.8 Å². The second kappa shape index (κ2) is 22.0. The van der Waals surface area contributed by atoms with Gasteiger partial charge in [0.1, 0.15) is 34.8 Å². The number of methoxy groups -OCH3 is 1. The maximum atomic E-state index is 13.6. The molecule has 3 fully saturated rings. The lowest BCUT2D eigenvalue weighted by molar-refractivity contribution is -0.137. The molecule has 2 saturated carbocycles. The number of rotatable bonds is 15. The van der Waals surface area contributed by atoms with Crippen molar-refractivity contribution in [3.8, 4) is 28.8 Å². The highest BCUT2D eigenvalue weighted by Crippen LogP contribution is 2.41. The Balaban J connectivity index is 0.772. The van der Waals surface area contributed by atoms with Crippen LogP contribution in [0.4, 0.5) is 27.9 Å². The van der Waals surface area contributed by atoms with Gasteiger partial charge in [0.05, 0.1) is 37.8 Å². The Hall–Kier alpha value is -7.07. The van der Waals surface area contributed by atoms with Crippen LogP contribution in [-0.4, -0.2) is 128 Å². The fourth-order valence-electron chi connectivity index (χ4n) is 10.9. The lowest BCUT2D eigenvalue weighted by Gasteiger charge is -2.43. The number of carbonyl (C=O) groups excluding carboxylic acids is 5. The zero-order chi connectivity index (χ0) is 51.4. The van der Waals surface area contributed by atoms with Crippen molar-refractivity contribution >= 4 is 52.9 Å². The number of fused-ring (bicyclic) bond motifs is 2. The summed E-state index contributed by atoms with van der Waals surface area (Å²) >= 11 is 0. The summed E-state index contributed by atoms with van der Waals surface area (Å²) in [4.78, 5) is 81.3. The van der Waals surface area contributed by atoms with Crippen LogP contribution in [0, 0.1) is 11.8 Å². The minimum atomic E-state index is -0.678. The molecule has 0 spiro atoms. The van der Waals surface area contributed by atoms with Gasteiger partial charge in [-0.15, -0.1) is 5.10 Å². The second-order valence-electron chi connectivity index (χ2n) is 20.6. The average Bonchev–Trinajstić information content (AvgIpc) is 4.16. The number of amides is 5. The molecule has 3 aliphatic heterocycles. The van der Waals surface area contributed by atoms with Crippen molar-refractivity contribution in [2.45, 2.75) is 154 Å². The molecule has 1 unspecified atom stereocenters. The van der Waals surface area contributed by atoms with Gasteiger partial charge >= 0.3 is 6.09 Å². The maximum absolute atomic E-state index is 13.6. The Kier molecular flexibility index (Phi) is 15.3. The van der Waals surface area contributed by atoms with Crippen LogP contribution in [0.25, 0.3) is 11.3 Å². The van der Waals surface area contributed by atoms with E-state index in [1.807, 2.05) is 60.8 Å². The minimum Gasteiger partial charge on any atom is -0.495 e. The van der Waals surface area contributed by atoms with Crippen molar-refractivity contribution in [3.05, 3.63) is 65.5 Å². The standard InChI is InChI=1S/C54H67N11O8/c1-7-43-51(69)61(5)45-31-55-52(58-48(45)65(43)38-16-10-11-17-38)56-41-24-19-35(30-46(41)71-6)42-33-64(60-59-42)37-22-20-36(21-23-37)62(53(70)73-54(2,3)4)27-29-72-28-12-8-9-14-34-15-13-18-39-40(34)32-63(50(39)68)44-25-26-47(66)57-49(44)67/h13,15,18-19,24,30-31,33,36-38,43-44H,7-8,10-12,16-17,20-23,25-29,32H2,1-6H3,(H,55,56,58)(H,57,66,67)/t36?,37?,43-,44?/m1/s1. The van der Waals surface area contributed by atoms with Gasteiger partial charge in [-0.05, 0) is 108 Å². The van der Waals surface area contributed by atoms with Crippen molar-refractivity contribution < 1.29 is 38.2 Å². The molecule has 1 saturated heterocycles. The van der Waals surface area contributed by atoms with Gasteiger partial charge in [-0.25, -0.2) is 14.5 Å². The number of piperidine rings is 1. The second-order valence-corrected chi connectivity index (χ2v) is 20.6. The summed E-state index contributed by atoms with van der Waals surface area (Å²) in [5, 5.41) is 14.8. The number of aromatic nitrogens is 5. The molecule has 4 aromatic rings. The van der Waals surface area contributed by atoms with E-state index < -0.39 is 17.6 Å². The predicted molar refractivity (Wildman–Crippen MR) is 273 cm³/mol. The van der Waals surface area contributed by atoms with Crippen molar-refractivity contribution in [1.82, 2.24) is 40.1 Å². The van der Waals surface area contributed by atoms with E-state index in [9.17, 15) is 24.0 Å². The van der Waals surface area contributed by atoms with Crippen LogP contribution < -0.4 is 25.2 Å². The van der Waals surface area contributed by atoms with Crippen LogP contribution in [0.3, 0.4) is 0 Å². The number of likely N-dealkylation sites (N-methyl/N-ethyl adjacent to an activating group) is 1. The number of hydrogen-bond acceptors (Lipinski definition) is 14. The number of unbranched alkanes of at least 4 members (excludes halogenated alkanes) is 1. The van der Waals surface area contributed by atoms with Crippen molar-refractivity contribution in [3.63, 3.8) is 0 Å². The molecule has 2 aromatic heterocycles. The first-order valence-corrected chi connectivity index (χ1v) is 25.8. The van der Waals surface area contributed by atoms with Gasteiger partial charge in [0.25, 0.3) is 5.91 Å². The molecule has 386 valence electrons. The summed E-state index contributed by atoms with van der Waals surface area (Å²) in [5.41, 5.74) is 4.38. The fourth-order valence-corrected chi connectivity index (χ4v) is 10.9. The van der Waals surface area contributed by atoms with E-state index in [2.05, 4.69) is 49.6 Å². The van der Waals surface area contributed by atoms with Gasteiger partial charge in [-0.3, -0.25) is 24.5 Å². The lowest BCUT2D eigenvalue weighted by atomic mass is 9.90. The summed E-state index contributed by atoms with van der Waals surface area (Å²) in [5.74, 6) is 7.30. The quantitative estimate of drug-likeness (QED) is 0.0680. The number of imide groups is 1. The van der Waals surface area contributed by atoms with E-state index in [1.165, 1.54) is 4.90 Å². The third kappa shape index (κ3) is 11.1. The summed E-state index contributed by atoms with van der Waals surface area (Å²) in [7, 11) is 3.42. The molecule has 19 nitrogen and oxygen atoms in total. The Bertz CT molecular complexity index is 2780. The van der Waals surface area contributed by atoms with Gasteiger partial charge in [-0.1, -0.05) is 49.0 Å². The molecule has 0 bridgehead atoms. The van der Waals surface area contributed by atoms with Gasteiger partial charge in [-0.2, -0.15) is 4.98 Å². The molecule has 73 heavy (non-hydrogen) atoms. The number of nitrogens with one attached hydrogen (secondary N) is 2. The molecule has 2 aromatic carbocycles. The first kappa shape index (κ1) is 50.9. The number of hydrogen-bond donors (Lipinski definition) is 2. The highest BCUT2D eigenvalue weighted by atomic mass is 16.6. The molecule has 9 rings (SSSR count). The van der Waals surface area contributed by atoms with Crippen molar-refractivity contribution in [2.24, 2.45) is 0 Å². The van der Waals surface area contributed by atoms with Gasteiger partial charge in [0.2, 0.25) is 23.7 Å². The molecule has 2 atom stereocenters. The number of nitrogens with zero attached hydrogens (tertiary/aromatic N) is 9. The van der Waals surface area contributed by atoms with E-state index in [-0.39, 0.29) is 60.9 Å². The minimum absolute atomic E-state index is 0.0281. The summed E-state index contributed by atoms with van der Waals surface area (Å²) in [6, 6.07) is 10.6. The zero-order valence-electron chi connectivity index (χ0n) is 42.8. The summed E-state index contributed by atoms with van der Waals surface area (Å²) < 4.78 is 19.7. The largest absolute Gasteiger partial charge is 0.495 e. The highest BCUT2D eigenvalue weighted by molar-refractivity contribution is 6.06. The third-order valence-electron chi connectivity index (χ3n) is 14.6. The number of anilines is 4. The number of carbonyl (C=O) groups is 5. The summed E-state index contributed by atoms with van der Waals surface area (Å²) in [6.45, 7) is 9.13. The normalized spacial score (nSPS) is 21.1. The topological polar surface area (TPSA) is 207 Å². The van der Waals surface area contributed by atoms with Crippen LogP contribution in [0.2, 0.25) is 0 Å². The predicted octanol–water partition coefficient (Wildman–Crippen LogP) is 7.32. The third-order valence-corrected chi connectivity index (χ3v) is 14.6. The van der Waals surface area contributed by atoms with E-state index in [0.29, 0.717) is 79.8 Å². The average molecular weight is 998 g/mol. The molecule has 2 N–H and O–H groups in total. The van der Waals surface area contributed by atoms with E-state index in [4.69, 9.17) is 19.2 Å². The highest BCUT2D eigenvalue weighted by Gasteiger charge is 2.42. The molecular formula is C54H67N11O8. The zero-order valence-corrected chi connectivity index (χ0v) is 42.8.